The molecule has 2 aromatic rings. The molecule has 0 unspecified atom stereocenters. The number of carboxylic acids is 1. The monoisotopic (exact) mass is 405 g/mol. The Morgan fingerprint density at radius 2 is 1.79 bits per heavy atom. The summed E-state index contributed by atoms with van der Waals surface area (Å²) in [7, 11) is 0. The summed E-state index contributed by atoms with van der Waals surface area (Å²) in [6.07, 6.45) is 0. The molecule has 0 saturated heterocycles. The van der Waals surface area contributed by atoms with E-state index in [9.17, 15) is 19.8 Å². The summed E-state index contributed by atoms with van der Waals surface area (Å²) in [6.45, 7) is 1.70. The van der Waals surface area contributed by atoms with Crippen LogP contribution in [0.15, 0.2) is 63.8 Å². The predicted octanol–water partition coefficient (Wildman–Crippen LogP) is 4.73. The summed E-state index contributed by atoms with van der Waals surface area (Å²) >= 11 is 5.04. The summed E-state index contributed by atoms with van der Waals surface area (Å²) < 4.78 is 5.81. The van der Waals surface area contributed by atoms with Crippen molar-refractivity contribution >= 4 is 39.8 Å². The minimum Gasteiger partial charge on any atom is -0.508 e. The fourth-order valence-corrected chi connectivity index (χ4v) is 3.49. The number of thiocarbonyl (C=S) groups is 1. The van der Waals surface area contributed by atoms with Gasteiger partial charge in [0.05, 0.1) is 10.6 Å². The van der Waals surface area contributed by atoms with Crippen LogP contribution in [-0.4, -0.2) is 21.2 Å². The lowest BCUT2D eigenvalue weighted by Gasteiger charge is -2.17. The second-order valence-electron chi connectivity index (χ2n) is 6.56. The second kappa shape index (κ2) is 7.03. The Kier molecular flexibility index (Phi) is 4.52. The van der Waals surface area contributed by atoms with E-state index in [2.05, 4.69) is 5.32 Å². The van der Waals surface area contributed by atoms with E-state index in [1.807, 2.05) is 0 Å². The Labute approximate surface area is 170 Å². The van der Waals surface area contributed by atoms with Crippen LogP contribution in [0.3, 0.4) is 0 Å². The lowest BCUT2D eigenvalue weighted by atomic mass is 9.90. The molecule has 1 aliphatic heterocycles. The quantitative estimate of drug-likeness (QED) is 0.335. The average molecular weight is 405 g/mol. The second-order valence-corrected chi connectivity index (χ2v) is 7.17. The molecule has 6 nitrogen and oxygen atoms in total. The number of aromatic hydroxyl groups is 1. The Hall–Kier alpha value is -3.71. The molecule has 29 heavy (non-hydrogen) atoms. The molecule has 1 heterocycles. The van der Waals surface area contributed by atoms with Crippen LogP contribution in [0.5, 0.6) is 5.75 Å². The third-order valence-corrected chi connectivity index (χ3v) is 4.62. The van der Waals surface area contributed by atoms with Crippen LogP contribution < -0.4 is 10.7 Å². The smallest absolute Gasteiger partial charge is 0.336 e. The van der Waals surface area contributed by atoms with Crippen molar-refractivity contribution in [3.63, 3.8) is 0 Å². The van der Waals surface area contributed by atoms with Crippen molar-refractivity contribution in [3.05, 3.63) is 70.4 Å². The topological polar surface area (TPSA) is 99.8 Å². The molecule has 0 atom stereocenters. The van der Waals surface area contributed by atoms with Crippen molar-refractivity contribution in [2.45, 2.75) is 6.92 Å². The van der Waals surface area contributed by atoms with Gasteiger partial charge in [-0.25, -0.2) is 4.79 Å². The molecule has 4 rings (SSSR count). The van der Waals surface area contributed by atoms with Gasteiger partial charge in [-0.05, 0) is 48.9 Å². The average Bonchev–Trinajstić information content (AvgIpc) is 2.65. The fourth-order valence-electron chi connectivity index (χ4n) is 3.37. The van der Waals surface area contributed by atoms with E-state index in [4.69, 9.17) is 16.6 Å². The molecule has 144 valence electrons. The lowest BCUT2D eigenvalue weighted by Crippen LogP contribution is -2.07. The maximum atomic E-state index is 12.0. The van der Waals surface area contributed by atoms with Crippen LogP contribution in [0, 0.1) is 0 Å². The highest BCUT2D eigenvalue weighted by molar-refractivity contribution is 7.80. The highest BCUT2D eigenvalue weighted by atomic mass is 32.1. The highest BCUT2D eigenvalue weighted by Crippen LogP contribution is 2.42. The van der Waals surface area contributed by atoms with Gasteiger partial charge in [-0.2, -0.15) is 0 Å². The van der Waals surface area contributed by atoms with E-state index in [0.717, 1.165) is 0 Å². The summed E-state index contributed by atoms with van der Waals surface area (Å²) in [5, 5.41) is 23.2. The molecule has 0 amide bonds. The molecular weight excluding hydrogens is 390 g/mol. The summed E-state index contributed by atoms with van der Waals surface area (Å²) in [4.78, 5) is 24.4. The lowest BCUT2D eigenvalue weighted by molar-refractivity contribution is 0.0698. The first-order valence-corrected chi connectivity index (χ1v) is 9.09. The molecule has 7 heteroatoms. The standard InChI is InChI=1S/C22H15NO5S/c1-11(29)23-12-2-5-15(18(8-12)22(26)27)21-16-6-3-13(24)9-19(16)28-20-10-14(25)4-7-17(20)21/h2-10,24H,1H3,(H,23,29)(H,26,27). The summed E-state index contributed by atoms with van der Waals surface area (Å²) in [5.74, 6) is -0.801. The fraction of sp³-hybridized carbons (Fsp3) is 0.0455. The molecule has 0 fully saturated rings. The van der Waals surface area contributed by atoms with Gasteiger partial charge in [0.2, 0.25) is 0 Å². The van der Waals surface area contributed by atoms with Gasteiger partial charge in [0.1, 0.15) is 17.1 Å². The molecule has 0 aromatic heterocycles. The van der Waals surface area contributed by atoms with Crippen molar-refractivity contribution in [1.29, 1.82) is 0 Å². The van der Waals surface area contributed by atoms with Crippen LogP contribution in [-0.2, 0) is 0 Å². The zero-order valence-electron chi connectivity index (χ0n) is 15.2. The first-order valence-electron chi connectivity index (χ1n) is 8.68. The third-order valence-electron chi connectivity index (χ3n) is 4.52. The van der Waals surface area contributed by atoms with Crippen LogP contribution in [0.2, 0.25) is 0 Å². The number of phenolic OH excluding ortho intramolecular Hbond substituents is 1. The number of rotatable bonds is 3. The molecule has 0 saturated carbocycles. The number of aromatic carboxylic acids is 1. The van der Waals surface area contributed by atoms with Gasteiger partial charge in [-0.1, -0.05) is 18.3 Å². The Bertz CT molecular complexity index is 1320. The maximum Gasteiger partial charge on any atom is 0.336 e. The molecule has 0 bridgehead atoms. The Morgan fingerprint density at radius 3 is 2.52 bits per heavy atom. The van der Waals surface area contributed by atoms with E-state index >= 15 is 0 Å². The maximum absolute atomic E-state index is 12.0. The van der Waals surface area contributed by atoms with Crippen LogP contribution in [0.4, 0.5) is 5.69 Å². The summed E-state index contributed by atoms with van der Waals surface area (Å²) in [5.41, 5.74) is 2.39. The highest BCUT2D eigenvalue weighted by Gasteiger charge is 2.22. The number of benzene rings is 3. The van der Waals surface area contributed by atoms with Crippen molar-refractivity contribution in [1.82, 2.24) is 0 Å². The normalized spacial score (nSPS) is 10.9. The van der Waals surface area contributed by atoms with Gasteiger partial charge >= 0.3 is 5.97 Å². The van der Waals surface area contributed by atoms with Crippen molar-refractivity contribution in [2.24, 2.45) is 0 Å². The van der Waals surface area contributed by atoms with Gasteiger partial charge in [0.25, 0.3) is 0 Å². The van der Waals surface area contributed by atoms with E-state index in [1.54, 1.807) is 31.2 Å². The van der Waals surface area contributed by atoms with Gasteiger partial charge in [0, 0.05) is 34.3 Å². The van der Waals surface area contributed by atoms with Gasteiger partial charge in [-0.15, -0.1) is 0 Å². The Morgan fingerprint density at radius 1 is 1.03 bits per heavy atom. The molecule has 3 N–H and O–H groups in total. The first kappa shape index (κ1) is 18.6. The van der Waals surface area contributed by atoms with Crippen molar-refractivity contribution in [2.75, 3.05) is 5.32 Å². The SMILES string of the molecule is CC(=S)Nc1ccc(-c2c3ccc(=O)cc-3oc3cc(O)ccc23)c(C(=O)O)c1. The zero-order valence-corrected chi connectivity index (χ0v) is 16.0. The van der Waals surface area contributed by atoms with E-state index < -0.39 is 5.97 Å². The van der Waals surface area contributed by atoms with Gasteiger partial charge < -0.3 is 19.9 Å². The molecule has 0 radical (unpaired) electrons. The van der Waals surface area contributed by atoms with E-state index in [-0.39, 0.29) is 16.7 Å². The molecule has 0 spiro atoms. The number of carboxylic acid groups (broad SMARTS) is 1. The number of anilines is 1. The number of hydrogen-bond acceptors (Lipinski definition) is 5. The van der Waals surface area contributed by atoms with E-state index in [0.29, 0.717) is 44.1 Å². The zero-order chi connectivity index (χ0) is 20.7. The molecule has 2 aromatic carbocycles. The number of carbonyl (C=O) groups is 1. The Balaban J connectivity index is 2.11. The number of nitrogens with one attached hydrogen (secondary N) is 1. The predicted molar refractivity (Wildman–Crippen MR) is 115 cm³/mol. The van der Waals surface area contributed by atoms with Gasteiger partial charge in [-0.3, -0.25) is 4.79 Å². The number of fused-ring (bicyclic) bond motifs is 2. The minimum absolute atomic E-state index is 0.000655. The molecule has 1 aliphatic carbocycles. The molecule has 2 aliphatic rings. The largest absolute Gasteiger partial charge is 0.508 e. The van der Waals surface area contributed by atoms with Crippen LogP contribution >= 0.6 is 12.2 Å². The number of phenols is 1. The number of hydrogen-bond donors (Lipinski definition) is 3. The van der Waals surface area contributed by atoms with Gasteiger partial charge in [0.15, 0.2) is 5.43 Å². The molecular formula is C22H15NO5S. The van der Waals surface area contributed by atoms with Crippen molar-refractivity contribution in [3.8, 4) is 28.2 Å². The summed E-state index contributed by atoms with van der Waals surface area (Å²) in [6, 6.07) is 13.9. The van der Waals surface area contributed by atoms with Crippen LogP contribution in [0.1, 0.15) is 17.3 Å². The van der Waals surface area contributed by atoms with E-state index in [1.165, 1.54) is 30.3 Å². The van der Waals surface area contributed by atoms with Crippen LogP contribution in [0.25, 0.3) is 33.4 Å². The van der Waals surface area contributed by atoms with Crippen molar-refractivity contribution < 1.29 is 19.4 Å². The first-order chi connectivity index (χ1) is 13.8. The third kappa shape index (κ3) is 3.43. The minimum atomic E-state index is -1.10.